The zero-order valence-corrected chi connectivity index (χ0v) is 9.80. The van der Waals surface area contributed by atoms with Crippen LogP contribution in [0.4, 0.5) is 5.69 Å². The molecule has 2 rings (SSSR count). The van der Waals surface area contributed by atoms with Crippen LogP contribution in [-0.4, -0.2) is 35.1 Å². The van der Waals surface area contributed by atoms with E-state index in [2.05, 4.69) is 0 Å². The molecule has 0 amide bonds. The van der Waals surface area contributed by atoms with E-state index in [0.29, 0.717) is 0 Å². The molecule has 4 heteroatoms. The first-order valence-electron chi connectivity index (χ1n) is 5.98. The summed E-state index contributed by atoms with van der Waals surface area (Å²) in [5, 5.41) is 9.06. The molecule has 4 nitrogen and oxygen atoms in total. The number of carboxylic acid groups (broad SMARTS) is 1. The number of nitrogen functional groups attached to an aromatic ring is 1. The highest BCUT2D eigenvalue weighted by molar-refractivity contribution is 5.73. The normalized spacial score (nSPS) is 20.6. The number of carbonyl (C=O) groups is 1. The molecular formula is C13H18N2O2. The summed E-state index contributed by atoms with van der Waals surface area (Å²) in [6, 6.07) is 7.48. The largest absolute Gasteiger partial charge is 0.480 e. The topological polar surface area (TPSA) is 66.6 Å². The highest BCUT2D eigenvalue weighted by Crippen LogP contribution is 2.18. The number of likely N-dealkylation sites (tertiary alicyclic amines) is 1. The fourth-order valence-corrected chi connectivity index (χ4v) is 2.39. The van der Waals surface area contributed by atoms with Crippen molar-refractivity contribution in [2.75, 3.05) is 18.8 Å². The second-order valence-corrected chi connectivity index (χ2v) is 4.53. The first kappa shape index (κ1) is 11.9. The predicted octanol–water partition coefficient (Wildman–Crippen LogP) is 1.36. The number of nitrogens with zero attached hydrogens (tertiary/aromatic N) is 1. The molecule has 0 radical (unpaired) electrons. The average Bonchev–Trinajstić information content (AvgIpc) is 2.74. The predicted molar refractivity (Wildman–Crippen MR) is 66.8 cm³/mol. The van der Waals surface area contributed by atoms with E-state index in [9.17, 15) is 4.79 Å². The maximum absolute atomic E-state index is 11.0. The fourth-order valence-electron chi connectivity index (χ4n) is 2.39. The van der Waals surface area contributed by atoms with Crippen LogP contribution in [0.15, 0.2) is 24.3 Å². The lowest BCUT2D eigenvalue weighted by atomic mass is 10.1. The van der Waals surface area contributed by atoms with Gasteiger partial charge < -0.3 is 10.8 Å². The number of anilines is 1. The van der Waals surface area contributed by atoms with Crippen LogP contribution in [0.2, 0.25) is 0 Å². The van der Waals surface area contributed by atoms with E-state index in [1.807, 2.05) is 29.2 Å². The van der Waals surface area contributed by atoms with Crippen molar-refractivity contribution >= 4 is 11.7 Å². The molecule has 1 aliphatic heterocycles. The van der Waals surface area contributed by atoms with Crippen molar-refractivity contribution in [2.45, 2.75) is 25.3 Å². The van der Waals surface area contributed by atoms with Gasteiger partial charge >= 0.3 is 5.97 Å². The van der Waals surface area contributed by atoms with Crippen LogP contribution in [0.25, 0.3) is 0 Å². The molecule has 0 aromatic heterocycles. The number of benzene rings is 1. The minimum absolute atomic E-state index is 0.295. The summed E-state index contributed by atoms with van der Waals surface area (Å²) in [6.45, 7) is 1.68. The minimum Gasteiger partial charge on any atom is -0.480 e. The number of nitrogens with two attached hydrogens (primary N) is 1. The number of hydrogen-bond acceptors (Lipinski definition) is 3. The lowest BCUT2D eigenvalue weighted by molar-refractivity contribution is -0.142. The summed E-state index contributed by atoms with van der Waals surface area (Å²) in [4.78, 5) is 13.1. The summed E-state index contributed by atoms with van der Waals surface area (Å²) in [7, 11) is 0. The molecule has 1 heterocycles. The van der Waals surface area contributed by atoms with Gasteiger partial charge in [-0.25, -0.2) is 0 Å². The molecule has 1 aliphatic rings. The van der Waals surface area contributed by atoms with Gasteiger partial charge in [-0.1, -0.05) is 12.1 Å². The monoisotopic (exact) mass is 234 g/mol. The van der Waals surface area contributed by atoms with Crippen molar-refractivity contribution in [1.29, 1.82) is 0 Å². The molecule has 0 saturated carbocycles. The van der Waals surface area contributed by atoms with Crippen molar-refractivity contribution in [3.8, 4) is 0 Å². The van der Waals surface area contributed by atoms with Crippen LogP contribution in [0.5, 0.6) is 0 Å². The SMILES string of the molecule is Nc1cccc(CCN2CCCC2C(=O)O)c1. The quantitative estimate of drug-likeness (QED) is 0.772. The Labute approximate surface area is 101 Å². The second-order valence-electron chi connectivity index (χ2n) is 4.53. The maximum atomic E-state index is 11.0. The number of aliphatic carboxylic acids is 1. The number of carboxylic acids is 1. The summed E-state index contributed by atoms with van der Waals surface area (Å²) in [6.07, 6.45) is 2.61. The molecule has 1 aromatic rings. The van der Waals surface area contributed by atoms with E-state index in [4.69, 9.17) is 10.8 Å². The molecule has 0 spiro atoms. The molecule has 1 aromatic carbocycles. The van der Waals surface area contributed by atoms with Crippen LogP contribution in [0.1, 0.15) is 18.4 Å². The van der Waals surface area contributed by atoms with Gasteiger partial charge in [0.1, 0.15) is 6.04 Å². The third kappa shape index (κ3) is 2.97. The summed E-state index contributed by atoms with van der Waals surface area (Å²) < 4.78 is 0. The molecule has 17 heavy (non-hydrogen) atoms. The molecule has 1 saturated heterocycles. The van der Waals surface area contributed by atoms with Gasteiger partial charge in [-0.15, -0.1) is 0 Å². The maximum Gasteiger partial charge on any atom is 0.320 e. The molecule has 1 atom stereocenters. The van der Waals surface area contributed by atoms with E-state index in [1.54, 1.807) is 0 Å². The Kier molecular flexibility index (Phi) is 3.64. The van der Waals surface area contributed by atoms with Crippen LogP contribution in [0.3, 0.4) is 0 Å². The van der Waals surface area contributed by atoms with Gasteiger partial charge in [-0.05, 0) is 43.5 Å². The van der Waals surface area contributed by atoms with E-state index in [-0.39, 0.29) is 6.04 Å². The van der Waals surface area contributed by atoms with E-state index < -0.39 is 5.97 Å². The van der Waals surface area contributed by atoms with Crippen LogP contribution in [-0.2, 0) is 11.2 Å². The van der Waals surface area contributed by atoms with Crippen molar-refractivity contribution in [3.05, 3.63) is 29.8 Å². The first-order valence-corrected chi connectivity index (χ1v) is 5.98. The Bertz CT molecular complexity index is 406. The van der Waals surface area contributed by atoms with Crippen molar-refractivity contribution in [1.82, 2.24) is 4.90 Å². The van der Waals surface area contributed by atoms with Gasteiger partial charge in [0.15, 0.2) is 0 Å². The Morgan fingerprint density at radius 3 is 3.06 bits per heavy atom. The third-order valence-corrected chi connectivity index (χ3v) is 3.29. The van der Waals surface area contributed by atoms with E-state index >= 15 is 0 Å². The lowest BCUT2D eigenvalue weighted by Crippen LogP contribution is -2.37. The molecule has 3 N–H and O–H groups in total. The first-order chi connectivity index (χ1) is 8.16. The molecule has 1 unspecified atom stereocenters. The van der Waals surface area contributed by atoms with Gasteiger partial charge in [0.2, 0.25) is 0 Å². The van der Waals surface area contributed by atoms with Crippen molar-refractivity contribution < 1.29 is 9.90 Å². The Morgan fingerprint density at radius 1 is 1.53 bits per heavy atom. The molecule has 92 valence electrons. The molecule has 1 fully saturated rings. The van der Waals surface area contributed by atoms with Gasteiger partial charge in [-0.3, -0.25) is 9.69 Å². The highest BCUT2D eigenvalue weighted by Gasteiger charge is 2.29. The summed E-state index contributed by atoms with van der Waals surface area (Å²) in [5.41, 5.74) is 7.64. The summed E-state index contributed by atoms with van der Waals surface area (Å²) in [5.74, 6) is -0.699. The highest BCUT2D eigenvalue weighted by atomic mass is 16.4. The third-order valence-electron chi connectivity index (χ3n) is 3.29. The zero-order chi connectivity index (χ0) is 12.3. The van der Waals surface area contributed by atoms with Crippen LogP contribution < -0.4 is 5.73 Å². The van der Waals surface area contributed by atoms with Crippen molar-refractivity contribution in [2.24, 2.45) is 0 Å². The van der Waals surface area contributed by atoms with Crippen LogP contribution in [0, 0.1) is 0 Å². The molecule has 0 aliphatic carbocycles. The standard InChI is InChI=1S/C13H18N2O2/c14-11-4-1-3-10(9-11)6-8-15-7-2-5-12(15)13(16)17/h1,3-4,9,12H,2,5-8,14H2,(H,16,17). The van der Waals surface area contributed by atoms with E-state index in [1.165, 1.54) is 5.56 Å². The second kappa shape index (κ2) is 5.19. The molecule has 0 bridgehead atoms. The van der Waals surface area contributed by atoms with Gasteiger partial charge in [0.25, 0.3) is 0 Å². The minimum atomic E-state index is -0.699. The van der Waals surface area contributed by atoms with Crippen LogP contribution >= 0.6 is 0 Å². The average molecular weight is 234 g/mol. The molecular weight excluding hydrogens is 216 g/mol. The Morgan fingerprint density at radius 2 is 2.35 bits per heavy atom. The van der Waals surface area contributed by atoms with Gasteiger partial charge in [0.05, 0.1) is 0 Å². The number of hydrogen-bond donors (Lipinski definition) is 2. The fraction of sp³-hybridized carbons (Fsp3) is 0.462. The zero-order valence-electron chi connectivity index (χ0n) is 9.80. The van der Waals surface area contributed by atoms with E-state index in [0.717, 1.165) is 38.0 Å². The smallest absolute Gasteiger partial charge is 0.320 e. The van der Waals surface area contributed by atoms with Gasteiger partial charge in [0, 0.05) is 12.2 Å². The lowest BCUT2D eigenvalue weighted by Gasteiger charge is -2.20. The Hall–Kier alpha value is -1.55. The van der Waals surface area contributed by atoms with Crippen molar-refractivity contribution in [3.63, 3.8) is 0 Å². The summed E-state index contributed by atoms with van der Waals surface area (Å²) >= 11 is 0. The van der Waals surface area contributed by atoms with Gasteiger partial charge in [-0.2, -0.15) is 0 Å². The Balaban J connectivity index is 1.91. The number of rotatable bonds is 4.